The average Bonchev–Trinajstić information content (AvgIpc) is 2.93. The molecule has 1 aromatic carbocycles. The lowest BCUT2D eigenvalue weighted by Crippen LogP contribution is -2.41. The van der Waals surface area contributed by atoms with E-state index < -0.39 is 12.1 Å². The van der Waals surface area contributed by atoms with Gasteiger partial charge in [0.05, 0.1) is 18.7 Å². The number of carboxylic acid groups (broad SMARTS) is 1. The molecule has 2 N–H and O–H groups in total. The van der Waals surface area contributed by atoms with Gasteiger partial charge in [0.15, 0.2) is 0 Å². The number of unbranched alkanes of at least 4 members (excludes halogenated alkanes) is 1. The topological polar surface area (TPSA) is 95.8 Å². The van der Waals surface area contributed by atoms with Crippen molar-refractivity contribution < 1.29 is 19.7 Å². The third-order valence-corrected chi connectivity index (χ3v) is 7.74. The van der Waals surface area contributed by atoms with Gasteiger partial charge in [-0.25, -0.2) is 0 Å². The summed E-state index contributed by atoms with van der Waals surface area (Å²) < 4.78 is 5.37. The summed E-state index contributed by atoms with van der Waals surface area (Å²) in [6, 6.07) is 13.7. The molecule has 37 heavy (non-hydrogen) atoms. The summed E-state index contributed by atoms with van der Waals surface area (Å²) in [6.45, 7) is 3.01. The molecule has 3 aromatic rings. The minimum atomic E-state index is -0.733. The Balaban J connectivity index is 1.32. The van der Waals surface area contributed by atoms with Crippen LogP contribution in [0.25, 0.3) is 10.9 Å². The molecular weight excluding hydrogens is 466 g/mol. The molecule has 1 fully saturated rings. The maximum atomic E-state index is 11.3. The first kappa shape index (κ1) is 27.0. The van der Waals surface area contributed by atoms with Crippen molar-refractivity contribution in [1.29, 1.82) is 0 Å². The van der Waals surface area contributed by atoms with E-state index in [1.165, 1.54) is 0 Å². The lowest BCUT2D eigenvalue weighted by molar-refractivity contribution is -0.137. The molecule has 0 spiro atoms. The number of hydrogen-bond acceptors (Lipinski definition) is 6. The maximum Gasteiger partial charge on any atom is 0.303 e. The molecule has 1 saturated heterocycles. The van der Waals surface area contributed by atoms with E-state index in [0.29, 0.717) is 24.7 Å². The smallest absolute Gasteiger partial charge is 0.303 e. The number of aliphatic hydroxyl groups is 1. The number of benzene rings is 1. The van der Waals surface area contributed by atoms with Gasteiger partial charge in [-0.1, -0.05) is 6.07 Å². The maximum absolute atomic E-state index is 11.3. The first-order valence-corrected chi connectivity index (χ1v) is 13.5. The number of aliphatic hydroxyl groups excluding tert-OH is 1. The van der Waals surface area contributed by atoms with Crippen LogP contribution >= 0.6 is 0 Å². The van der Waals surface area contributed by atoms with Crippen molar-refractivity contribution in [2.75, 3.05) is 26.7 Å². The molecule has 0 bridgehead atoms. The zero-order valence-corrected chi connectivity index (χ0v) is 21.8. The summed E-state index contributed by atoms with van der Waals surface area (Å²) in [5.41, 5.74) is 2.85. The number of rotatable bonds is 13. The largest absolute Gasteiger partial charge is 0.497 e. The van der Waals surface area contributed by atoms with Gasteiger partial charge in [0, 0.05) is 36.4 Å². The molecule has 4 rings (SSSR count). The number of aliphatic carboxylic acids is 1. The Labute approximate surface area is 219 Å². The first-order valence-electron chi connectivity index (χ1n) is 13.5. The Morgan fingerprint density at radius 3 is 2.78 bits per heavy atom. The number of likely N-dealkylation sites (tertiary alicyclic amines) is 1. The van der Waals surface area contributed by atoms with E-state index in [1.54, 1.807) is 13.3 Å². The number of piperidine rings is 1. The molecule has 198 valence electrons. The summed E-state index contributed by atoms with van der Waals surface area (Å²) in [7, 11) is 1.64. The molecule has 3 atom stereocenters. The van der Waals surface area contributed by atoms with Gasteiger partial charge in [-0.2, -0.15) is 0 Å². The highest BCUT2D eigenvalue weighted by Gasteiger charge is 2.30. The second-order valence-electron chi connectivity index (χ2n) is 10.2. The van der Waals surface area contributed by atoms with Crippen LogP contribution in [0.2, 0.25) is 0 Å². The number of aryl methyl sites for hydroxylation is 1. The summed E-state index contributed by atoms with van der Waals surface area (Å²) in [5.74, 6) is 0.766. The zero-order chi connectivity index (χ0) is 26.0. The summed E-state index contributed by atoms with van der Waals surface area (Å²) in [4.78, 5) is 22.7. The van der Waals surface area contributed by atoms with Gasteiger partial charge >= 0.3 is 5.97 Å². The van der Waals surface area contributed by atoms with Gasteiger partial charge < -0.3 is 19.8 Å². The Bertz CT molecular complexity index is 1140. The quantitative estimate of drug-likeness (QED) is 0.305. The van der Waals surface area contributed by atoms with Crippen LogP contribution in [-0.4, -0.2) is 57.8 Å². The van der Waals surface area contributed by atoms with Crippen LogP contribution in [0, 0.1) is 11.8 Å². The number of fused-ring (bicyclic) bond motifs is 1. The summed E-state index contributed by atoms with van der Waals surface area (Å²) in [5, 5.41) is 21.4. The molecule has 1 aliphatic heterocycles. The number of hydrogen-bond donors (Lipinski definition) is 2. The SMILES string of the molecule is COc1ccc2nccc([C@H](O)CC[C@@H]3CCN(CCCCc4ccccn4)C[C@H]3CCC(=O)O)c2c1. The third-order valence-electron chi connectivity index (χ3n) is 7.74. The van der Waals surface area contributed by atoms with Gasteiger partial charge in [-0.15, -0.1) is 0 Å². The molecule has 2 aromatic heterocycles. The second kappa shape index (κ2) is 13.5. The standard InChI is InChI=1S/C30H39N3O4/c1-37-25-10-11-28-27(20-25)26(14-17-32-28)29(34)12-8-22-15-19-33(21-23(22)9-13-30(35)36)18-5-3-7-24-6-2-4-16-31-24/h2,4,6,10-11,14,16-17,20,22-23,29,34H,3,5,7-9,12-13,15,18-19,21H2,1H3,(H,35,36)/t22-,23-,29-/m1/s1. The van der Waals surface area contributed by atoms with Crippen LogP contribution in [0.4, 0.5) is 0 Å². The Hall–Kier alpha value is -3.03. The minimum Gasteiger partial charge on any atom is -0.497 e. The van der Waals surface area contributed by atoms with Crippen LogP contribution in [0.3, 0.4) is 0 Å². The first-order chi connectivity index (χ1) is 18.0. The van der Waals surface area contributed by atoms with E-state index >= 15 is 0 Å². The number of pyridine rings is 2. The second-order valence-corrected chi connectivity index (χ2v) is 10.2. The zero-order valence-electron chi connectivity index (χ0n) is 21.8. The molecular formula is C30H39N3O4. The van der Waals surface area contributed by atoms with Gasteiger partial charge in [-0.3, -0.25) is 14.8 Å². The molecule has 3 heterocycles. The summed E-state index contributed by atoms with van der Waals surface area (Å²) >= 11 is 0. The van der Waals surface area contributed by atoms with E-state index in [9.17, 15) is 15.0 Å². The summed E-state index contributed by atoms with van der Waals surface area (Å²) in [6.07, 6.45) is 9.67. The van der Waals surface area contributed by atoms with Crippen molar-refractivity contribution in [2.24, 2.45) is 11.8 Å². The number of carbonyl (C=O) groups is 1. The number of nitrogens with zero attached hydrogens (tertiary/aromatic N) is 3. The lowest BCUT2D eigenvalue weighted by atomic mass is 9.79. The molecule has 7 nitrogen and oxygen atoms in total. The number of methoxy groups -OCH3 is 1. The van der Waals surface area contributed by atoms with Gasteiger partial charge in [0.2, 0.25) is 0 Å². The van der Waals surface area contributed by atoms with Crippen LogP contribution in [0.5, 0.6) is 5.75 Å². The van der Waals surface area contributed by atoms with Gasteiger partial charge in [-0.05, 0) is 112 Å². The van der Waals surface area contributed by atoms with E-state index in [1.807, 2.05) is 42.6 Å². The van der Waals surface area contributed by atoms with E-state index in [-0.39, 0.29) is 6.42 Å². The minimum absolute atomic E-state index is 0.200. The van der Waals surface area contributed by atoms with Crippen LogP contribution < -0.4 is 4.74 Å². The van der Waals surface area contributed by atoms with Crippen molar-refractivity contribution in [2.45, 2.75) is 57.5 Å². The molecule has 0 unspecified atom stereocenters. The monoisotopic (exact) mass is 505 g/mol. The van der Waals surface area contributed by atoms with Crippen molar-refractivity contribution in [1.82, 2.24) is 14.9 Å². The fraction of sp³-hybridized carbons (Fsp3) is 0.500. The molecule has 1 aliphatic rings. The highest BCUT2D eigenvalue weighted by atomic mass is 16.5. The van der Waals surface area contributed by atoms with Crippen molar-refractivity contribution >= 4 is 16.9 Å². The van der Waals surface area contributed by atoms with E-state index in [0.717, 1.165) is 79.6 Å². The van der Waals surface area contributed by atoms with Crippen LogP contribution in [0.1, 0.15) is 62.3 Å². The van der Waals surface area contributed by atoms with Crippen LogP contribution in [-0.2, 0) is 11.2 Å². The predicted octanol–water partition coefficient (Wildman–Crippen LogP) is 5.28. The molecule has 0 aliphatic carbocycles. The fourth-order valence-corrected chi connectivity index (χ4v) is 5.65. The van der Waals surface area contributed by atoms with Crippen molar-refractivity contribution in [3.8, 4) is 5.75 Å². The number of ether oxygens (including phenoxy) is 1. The molecule has 0 saturated carbocycles. The molecule has 7 heteroatoms. The van der Waals surface area contributed by atoms with Gasteiger partial charge in [0.25, 0.3) is 0 Å². The van der Waals surface area contributed by atoms with Crippen LogP contribution in [0.15, 0.2) is 54.9 Å². The fourth-order valence-electron chi connectivity index (χ4n) is 5.65. The highest BCUT2D eigenvalue weighted by Crippen LogP contribution is 2.35. The van der Waals surface area contributed by atoms with Crippen molar-refractivity contribution in [3.63, 3.8) is 0 Å². The predicted molar refractivity (Wildman–Crippen MR) is 145 cm³/mol. The highest BCUT2D eigenvalue weighted by molar-refractivity contribution is 5.83. The normalized spacial score (nSPS) is 19.1. The van der Waals surface area contributed by atoms with E-state index in [4.69, 9.17) is 4.74 Å². The van der Waals surface area contributed by atoms with E-state index in [2.05, 4.69) is 20.9 Å². The Morgan fingerprint density at radius 1 is 1.11 bits per heavy atom. The number of carboxylic acids is 1. The third kappa shape index (κ3) is 7.73. The van der Waals surface area contributed by atoms with Crippen molar-refractivity contribution in [3.05, 3.63) is 66.1 Å². The van der Waals surface area contributed by atoms with Gasteiger partial charge in [0.1, 0.15) is 5.75 Å². The lowest BCUT2D eigenvalue weighted by Gasteiger charge is -2.39. The Kier molecular flexibility index (Phi) is 9.85. The Morgan fingerprint density at radius 2 is 2.00 bits per heavy atom. The average molecular weight is 506 g/mol. The number of aromatic nitrogens is 2. The molecule has 0 radical (unpaired) electrons. The molecule has 0 amide bonds.